The minimum Gasteiger partial charge on any atom is -0.504 e. The molecular weight excluding hydrogens is 176 g/mol. The Balaban J connectivity index is 0.000000791. The molecule has 2 heteroatoms. The van der Waals surface area contributed by atoms with Crippen molar-refractivity contribution in [3.63, 3.8) is 0 Å². The van der Waals surface area contributed by atoms with Crippen molar-refractivity contribution in [1.82, 2.24) is 0 Å². The molecule has 0 aliphatic rings. The Hall–Kier alpha value is -1.18. The van der Waals surface area contributed by atoms with E-state index in [9.17, 15) is 0 Å². The summed E-state index contributed by atoms with van der Waals surface area (Å²) in [6.45, 7) is 8.23. The molecule has 0 spiro atoms. The van der Waals surface area contributed by atoms with Gasteiger partial charge in [-0.15, -0.1) is 0 Å². The molecule has 0 amide bonds. The molecule has 0 bridgehead atoms. The van der Waals surface area contributed by atoms with E-state index in [4.69, 9.17) is 10.2 Å². The molecule has 0 saturated carbocycles. The molecule has 80 valence electrons. The van der Waals surface area contributed by atoms with Crippen molar-refractivity contribution in [1.29, 1.82) is 0 Å². The first-order chi connectivity index (χ1) is 6.59. The van der Waals surface area contributed by atoms with Gasteiger partial charge in [0.1, 0.15) is 0 Å². The molecule has 0 aromatic heterocycles. The maximum absolute atomic E-state index is 9.16. The number of benzene rings is 1. The summed E-state index contributed by atoms with van der Waals surface area (Å²) in [5.41, 5.74) is 1.06. The highest BCUT2D eigenvalue weighted by atomic mass is 16.3. The average Bonchev–Trinajstić information content (AvgIpc) is 2.14. The van der Waals surface area contributed by atoms with E-state index in [0.29, 0.717) is 5.92 Å². The minimum absolute atomic E-state index is 0.0341. The Morgan fingerprint density at radius 2 is 1.64 bits per heavy atom. The maximum atomic E-state index is 9.16. The third-order valence-corrected chi connectivity index (χ3v) is 1.68. The lowest BCUT2D eigenvalue weighted by Crippen LogP contribution is -1.92. The van der Waals surface area contributed by atoms with E-state index in [0.717, 1.165) is 12.0 Å². The van der Waals surface area contributed by atoms with Gasteiger partial charge in [-0.3, -0.25) is 0 Å². The molecule has 0 fully saturated rings. The molecule has 0 atom stereocenters. The lowest BCUT2D eigenvalue weighted by molar-refractivity contribution is 0.403. The fourth-order valence-electron chi connectivity index (χ4n) is 1.17. The van der Waals surface area contributed by atoms with E-state index in [1.807, 2.05) is 19.9 Å². The summed E-state index contributed by atoms with van der Waals surface area (Å²) in [6, 6.07) is 4.96. The Bertz CT molecular complexity index is 267. The van der Waals surface area contributed by atoms with Gasteiger partial charge < -0.3 is 10.2 Å². The molecule has 2 N–H and O–H groups in total. The molecule has 0 aliphatic heterocycles. The summed E-state index contributed by atoms with van der Waals surface area (Å²) in [5.74, 6) is 0.476. The lowest BCUT2D eigenvalue weighted by atomic mass is 10.0. The summed E-state index contributed by atoms with van der Waals surface area (Å²) in [5, 5.41) is 18.2. The second-order valence-corrected chi connectivity index (χ2v) is 3.42. The molecular formula is C12H20O2. The maximum Gasteiger partial charge on any atom is 0.157 e. The monoisotopic (exact) mass is 196 g/mol. The zero-order chi connectivity index (χ0) is 11.1. The van der Waals surface area contributed by atoms with Crippen LogP contribution in [0.2, 0.25) is 0 Å². The smallest absolute Gasteiger partial charge is 0.157 e. The quantitative estimate of drug-likeness (QED) is 0.712. The molecule has 0 radical (unpaired) electrons. The van der Waals surface area contributed by atoms with Crippen LogP contribution < -0.4 is 0 Å². The van der Waals surface area contributed by atoms with Crippen LogP contribution in [0.3, 0.4) is 0 Å². The van der Waals surface area contributed by atoms with Crippen LogP contribution in [0.5, 0.6) is 11.5 Å². The number of phenolic OH excluding ortho intramolecular Hbond substituents is 2. The predicted octanol–water partition coefficient (Wildman–Crippen LogP) is 3.32. The molecule has 0 heterocycles. The van der Waals surface area contributed by atoms with E-state index in [1.54, 1.807) is 6.07 Å². The Labute approximate surface area is 86.2 Å². The van der Waals surface area contributed by atoms with Crippen molar-refractivity contribution in [3.8, 4) is 11.5 Å². The normalized spacial score (nSPS) is 9.50. The van der Waals surface area contributed by atoms with Crippen molar-refractivity contribution in [3.05, 3.63) is 23.8 Å². The van der Waals surface area contributed by atoms with Gasteiger partial charge in [-0.2, -0.15) is 0 Å². The third-order valence-electron chi connectivity index (χ3n) is 1.68. The number of rotatable bonds is 2. The van der Waals surface area contributed by atoms with Gasteiger partial charge in [0.05, 0.1) is 0 Å². The van der Waals surface area contributed by atoms with Crippen molar-refractivity contribution < 1.29 is 10.2 Å². The molecule has 14 heavy (non-hydrogen) atoms. The molecule has 1 aromatic rings. The van der Waals surface area contributed by atoms with Crippen molar-refractivity contribution in [2.24, 2.45) is 5.92 Å². The van der Waals surface area contributed by atoms with Crippen LogP contribution in [-0.2, 0) is 6.42 Å². The second kappa shape index (κ2) is 6.30. The van der Waals surface area contributed by atoms with Crippen LogP contribution in [0.4, 0.5) is 0 Å². The minimum atomic E-state index is -0.0532. The number of phenols is 2. The van der Waals surface area contributed by atoms with Crippen LogP contribution in [0.25, 0.3) is 0 Å². The van der Waals surface area contributed by atoms with Gasteiger partial charge in [0.2, 0.25) is 0 Å². The first kappa shape index (κ1) is 12.8. The number of hydrogen-bond acceptors (Lipinski definition) is 2. The summed E-state index contributed by atoms with van der Waals surface area (Å²) in [7, 11) is 0. The number of aromatic hydroxyl groups is 2. The first-order valence-electron chi connectivity index (χ1n) is 5.10. The van der Waals surface area contributed by atoms with E-state index in [2.05, 4.69) is 13.8 Å². The van der Waals surface area contributed by atoms with E-state index >= 15 is 0 Å². The van der Waals surface area contributed by atoms with Crippen LogP contribution in [-0.4, -0.2) is 10.2 Å². The molecule has 0 saturated heterocycles. The SMILES string of the molecule is CC.CC(C)Cc1ccc(O)c(O)c1. The first-order valence-corrected chi connectivity index (χ1v) is 5.10. The summed E-state index contributed by atoms with van der Waals surface area (Å²) >= 11 is 0. The molecule has 2 nitrogen and oxygen atoms in total. The molecule has 1 aromatic carbocycles. The average molecular weight is 196 g/mol. The Kier molecular flexibility index (Phi) is 5.77. The van der Waals surface area contributed by atoms with Gasteiger partial charge in [0.15, 0.2) is 11.5 Å². The highest BCUT2D eigenvalue weighted by molar-refractivity contribution is 5.40. The predicted molar refractivity (Wildman–Crippen MR) is 59.7 cm³/mol. The van der Waals surface area contributed by atoms with Gasteiger partial charge in [0, 0.05) is 0 Å². The fraction of sp³-hybridized carbons (Fsp3) is 0.500. The summed E-state index contributed by atoms with van der Waals surface area (Å²) in [6.07, 6.45) is 0.924. The summed E-state index contributed by atoms with van der Waals surface area (Å²) in [4.78, 5) is 0. The summed E-state index contributed by atoms with van der Waals surface area (Å²) < 4.78 is 0. The Morgan fingerprint density at radius 3 is 2.07 bits per heavy atom. The standard InChI is InChI=1S/C10H14O2.C2H6/c1-7(2)5-8-3-4-9(11)10(12)6-8;1-2/h3-4,6-7,11-12H,5H2,1-2H3;1-2H3. The van der Waals surface area contributed by atoms with Gasteiger partial charge in [-0.1, -0.05) is 33.8 Å². The topological polar surface area (TPSA) is 40.5 Å². The Morgan fingerprint density at radius 1 is 1.07 bits per heavy atom. The van der Waals surface area contributed by atoms with Gasteiger partial charge in [-0.05, 0) is 30.0 Å². The van der Waals surface area contributed by atoms with E-state index in [1.165, 1.54) is 6.07 Å². The van der Waals surface area contributed by atoms with Crippen LogP contribution >= 0.6 is 0 Å². The van der Waals surface area contributed by atoms with Crippen LogP contribution in [0.15, 0.2) is 18.2 Å². The zero-order valence-electron chi connectivity index (χ0n) is 9.41. The van der Waals surface area contributed by atoms with Crippen LogP contribution in [0, 0.1) is 5.92 Å². The molecule has 0 aliphatic carbocycles. The van der Waals surface area contributed by atoms with E-state index < -0.39 is 0 Å². The number of hydrogen-bond donors (Lipinski definition) is 2. The molecule has 1 rings (SSSR count). The second-order valence-electron chi connectivity index (χ2n) is 3.42. The van der Waals surface area contributed by atoms with Gasteiger partial charge in [-0.25, -0.2) is 0 Å². The zero-order valence-corrected chi connectivity index (χ0v) is 9.41. The largest absolute Gasteiger partial charge is 0.504 e. The lowest BCUT2D eigenvalue weighted by Gasteiger charge is -2.05. The highest BCUT2D eigenvalue weighted by Crippen LogP contribution is 2.25. The van der Waals surface area contributed by atoms with Gasteiger partial charge >= 0.3 is 0 Å². The van der Waals surface area contributed by atoms with Crippen molar-refractivity contribution >= 4 is 0 Å². The fourth-order valence-corrected chi connectivity index (χ4v) is 1.17. The van der Waals surface area contributed by atoms with Crippen LogP contribution in [0.1, 0.15) is 33.3 Å². The van der Waals surface area contributed by atoms with Crippen molar-refractivity contribution in [2.45, 2.75) is 34.1 Å². The van der Waals surface area contributed by atoms with Gasteiger partial charge in [0.25, 0.3) is 0 Å². The molecule has 0 unspecified atom stereocenters. The van der Waals surface area contributed by atoms with E-state index in [-0.39, 0.29) is 11.5 Å². The highest BCUT2D eigenvalue weighted by Gasteiger charge is 2.01. The third kappa shape index (κ3) is 4.17. The van der Waals surface area contributed by atoms with Crippen molar-refractivity contribution in [2.75, 3.05) is 0 Å².